The van der Waals surface area contributed by atoms with Gasteiger partial charge in [0.05, 0.1) is 0 Å². The van der Waals surface area contributed by atoms with Crippen molar-refractivity contribution in [2.75, 3.05) is 0 Å². The Morgan fingerprint density at radius 3 is 1.96 bits per heavy atom. The van der Waals surface area contributed by atoms with E-state index >= 15 is 0 Å². The van der Waals surface area contributed by atoms with Crippen LogP contribution >= 0.6 is 24.8 Å². The Kier molecular flexibility index (Phi) is 13.1. The molecule has 2 aromatic carbocycles. The van der Waals surface area contributed by atoms with Crippen molar-refractivity contribution in [1.82, 2.24) is 4.98 Å². The number of halogens is 2. The van der Waals surface area contributed by atoms with Crippen LogP contribution in [0.5, 0.6) is 0 Å². The minimum atomic E-state index is 0. The molecule has 3 aromatic rings. The summed E-state index contributed by atoms with van der Waals surface area (Å²) in [5.74, 6) is 0. The molecule has 27 heavy (non-hydrogen) atoms. The summed E-state index contributed by atoms with van der Waals surface area (Å²) in [6, 6.07) is 26.5. The smallest absolute Gasteiger partial charge is 0.277 e. The fourth-order valence-electron chi connectivity index (χ4n) is 2.41. The third-order valence-corrected chi connectivity index (χ3v) is 3.61. The van der Waals surface area contributed by atoms with Crippen molar-refractivity contribution in [2.24, 2.45) is 0 Å². The zero-order valence-corrected chi connectivity index (χ0v) is 17.6. The van der Waals surface area contributed by atoms with Gasteiger partial charge in [0, 0.05) is 6.20 Å². The van der Waals surface area contributed by atoms with Gasteiger partial charge in [-0.1, -0.05) is 48.5 Å². The van der Waals surface area contributed by atoms with Gasteiger partial charge in [-0.05, 0) is 5.69 Å². The van der Waals surface area contributed by atoms with Gasteiger partial charge in [-0.25, -0.2) is 6.08 Å². The van der Waals surface area contributed by atoms with Crippen molar-refractivity contribution in [2.45, 2.75) is 6.42 Å². The van der Waals surface area contributed by atoms with E-state index in [4.69, 9.17) is 0 Å². The predicted octanol–water partition coefficient (Wildman–Crippen LogP) is 6.36. The van der Waals surface area contributed by atoms with Gasteiger partial charge in [-0.15, -0.1) is 79.1 Å². The number of allylic oxidation sites excluding steroid dienone is 4. The van der Waals surface area contributed by atoms with Gasteiger partial charge < -0.3 is 0 Å². The minimum Gasteiger partial charge on any atom is -0.277 e. The first-order valence-corrected chi connectivity index (χ1v) is 8.05. The monoisotopic (exact) mass is 433 g/mol. The summed E-state index contributed by atoms with van der Waals surface area (Å²) in [7, 11) is 0. The maximum absolute atomic E-state index is 4.22. The molecule has 0 fully saturated rings. The van der Waals surface area contributed by atoms with Crippen LogP contribution in [0.1, 0.15) is 23.2 Å². The molecule has 0 bridgehead atoms. The Labute approximate surface area is 185 Å². The van der Waals surface area contributed by atoms with Gasteiger partial charge in [0.25, 0.3) is 0 Å². The summed E-state index contributed by atoms with van der Waals surface area (Å²) in [6.07, 6.45) is 12.2. The Balaban J connectivity index is 0.000000455. The number of rotatable bonds is 3. The van der Waals surface area contributed by atoms with Gasteiger partial charge in [0.15, 0.2) is 0 Å². The van der Waals surface area contributed by atoms with E-state index in [1.54, 1.807) is 6.20 Å². The van der Waals surface area contributed by atoms with Crippen molar-refractivity contribution >= 4 is 30.4 Å². The van der Waals surface area contributed by atoms with Gasteiger partial charge in [0.1, 0.15) is 0 Å². The first-order valence-electron chi connectivity index (χ1n) is 8.05. The van der Waals surface area contributed by atoms with E-state index < -0.39 is 0 Å². The molecule has 1 aromatic heterocycles. The van der Waals surface area contributed by atoms with Crippen LogP contribution in [0.25, 0.3) is 5.57 Å². The molecular formula is C23H21Cl2CrN. The van der Waals surface area contributed by atoms with Gasteiger partial charge in [-0.2, -0.15) is 11.6 Å². The maximum Gasteiger partial charge on any atom is 2.00 e. The van der Waals surface area contributed by atoms with E-state index in [9.17, 15) is 0 Å². The van der Waals surface area contributed by atoms with Gasteiger partial charge in [0.2, 0.25) is 0 Å². The van der Waals surface area contributed by atoms with E-state index in [0.717, 1.165) is 12.1 Å². The van der Waals surface area contributed by atoms with Crippen molar-refractivity contribution < 1.29 is 17.4 Å². The first kappa shape index (κ1) is 25.1. The molecule has 1 aliphatic carbocycles. The number of benzene rings is 2. The third kappa shape index (κ3) is 8.52. The fourth-order valence-corrected chi connectivity index (χ4v) is 2.41. The summed E-state index contributed by atoms with van der Waals surface area (Å²) in [4.78, 5) is 4.22. The Hall–Kier alpha value is -1.95. The third-order valence-electron chi connectivity index (χ3n) is 3.61. The quantitative estimate of drug-likeness (QED) is 0.438. The van der Waals surface area contributed by atoms with Crippen molar-refractivity contribution in [3.8, 4) is 0 Å². The molecule has 0 aliphatic heterocycles. The minimum absolute atomic E-state index is 0. The Morgan fingerprint density at radius 1 is 0.778 bits per heavy atom. The molecule has 0 radical (unpaired) electrons. The second-order valence-corrected chi connectivity index (χ2v) is 5.39. The first-order chi connectivity index (χ1) is 11.9. The summed E-state index contributed by atoms with van der Waals surface area (Å²) in [6.45, 7) is 0. The maximum atomic E-state index is 4.22. The van der Waals surface area contributed by atoms with Gasteiger partial charge in [-0.3, -0.25) is 11.1 Å². The summed E-state index contributed by atoms with van der Waals surface area (Å²) >= 11 is 0. The van der Waals surface area contributed by atoms with E-state index in [2.05, 4.69) is 66.0 Å². The summed E-state index contributed by atoms with van der Waals surface area (Å²) in [5, 5.41) is 0. The molecule has 0 saturated carbocycles. The largest absolute Gasteiger partial charge is 2.00 e. The Bertz CT molecular complexity index is 766. The number of hydrogen-bond donors (Lipinski definition) is 0. The van der Waals surface area contributed by atoms with Crippen LogP contribution in [-0.4, -0.2) is 4.98 Å². The zero-order chi connectivity index (χ0) is 16.5. The summed E-state index contributed by atoms with van der Waals surface area (Å²) < 4.78 is 0. The number of nitrogens with zero attached hydrogens (tertiary/aromatic N) is 1. The van der Waals surface area contributed by atoms with E-state index in [1.807, 2.05) is 42.5 Å². The number of pyridine rings is 1. The van der Waals surface area contributed by atoms with Crippen LogP contribution in [0.3, 0.4) is 0 Å². The molecule has 4 rings (SSSR count). The average Bonchev–Trinajstić information content (AvgIpc) is 3.20. The second kappa shape index (κ2) is 14.2. The van der Waals surface area contributed by atoms with E-state index in [-0.39, 0.29) is 42.2 Å². The molecular weight excluding hydrogens is 413 g/mol. The van der Waals surface area contributed by atoms with E-state index in [0.29, 0.717) is 0 Å². The number of aromatic nitrogens is 1. The molecule has 1 aliphatic rings. The molecule has 4 heteroatoms. The molecule has 1 nitrogen and oxygen atoms in total. The van der Waals surface area contributed by atoms with Gasteiger partial charge >= 0.3 is 17.4 Å². The number of hydrogen-bond acceptors (Lipinski definition) is 1. The molecule has 0 amide bonds. The SMILES string of the molecule is Cl.Cl.[C-]1=CC(c2ccccc2)=CC1.[Cr+2].c1ccc([CH-]c2ccccn2)cc1. The topological polar surface area (TPSA) is 12.9 Å². The fraction of sp³-hybridized carbons (Fsp3) is 0.0435. The normalized spacial score (nSPS) is 10.7. The molecule has 0 N–H and O–H groups in total. The van der Waals surface area contributed by atoms with E-state index in [1.165, 1.54) is 16.7 Å². The molecule has 1 heterocycles. The molecule has 0 saturated heterocycles. The van der Waals surface area contributed by atoms with Crippen LogP contribution in [0.2, 0.25) is 0 Å². The second-order valence-electron chi connectivity index (χ2n) is 5.39. The predicted molar refractivity (Wildman–Crippen MR) is 115 cm³/mol. The van der Waals surface area contributed by atoms with Crippen molar-refractivity contribution in [1.29, 1.82) is 0 Å². The van der Waals surface area contributed by atoms with Crippen LogP contribution < -0.4 is 0 Å². The summed E-state index contributed by atoms with van der Waals surface area (Å²) in [5.41, 5.74) is 4.76. The zero-order valence-electron chi connectivity index (χ0n) is 14.7. The van der Waals surface area contributed by atoms with Crippen LogP contribution in [0, 0.1) is 12.5 Å². The average molecular weight is 434 g/mol. The van der Waals surface area contributed by atoms with Crippen LogP contribution in [0.4, 0.5) is 0 Å². The van der Waals surface area contributed by atoms with Crippen LogP contribution in [-0.2, 0) is 17.4 Å². The molecule has 0 spiro atoms. The Morgan fingerprint density at radius 2 is 1.41 bits per heavy atom. The van der Waals surface area contributed by atoms with Crippen molar-refractivity contribution in [3.63, 3.8) is 0 Å². The molecule has 0 unspecified atom stereocenters. The van der Waals surface area contributed by atoms with Crippen LogP contribution in [0.15, 0.2) is 97.2 Å². The molecule has 0 atom stereocenters. The van der Waals surface area contributed by atoms with Crippen molar-refractivity contribution in [3.05, 3.63) is 127 Å². The molecule has 138 valence electrons. The standard InChI is InChI=1S/C12H10N.C11H9.2ClH.Cr/c1-2-6-11(7-3-1)10-12-8-4-5-9-13-12;1-2-6-10(7-3-1)11-8-4-5-9-11;;;/h1-10H;1-3,6-9H,4H2;2*1H;/q2*-1;;;+2.